The molecule has 13 heteroatoms. The van der Waals surface area contributed by atoms with E-state index in [0.29, 0.717) is 25.0 Å². The van der Waals surface area contributed by atoms with Crippen LogP contribution in [0.4, 0.5) is 0 Å². The standard InChI is InChI=1S/C46H84NO11P/c1-3-5-7-8-9-10-11-12-13-14-15-16-17-18-19-20-24-27-31-35-44(48)54-37-40(38-55-59(52,53)56-39-41(47)46(50)51)57-45(49)36-32-28-25-22-21-23-26-30-34-43-42(58-43)33-29-6-4-2/h12-13,26,30,40-43H,3-11,14-25,27-29,31-39,47H2,1-2H3,(H,50,51)(H,52,53)/b13-12-,30-26-/t40-,41+,42?,43?/m1/s1. The molecule has 0 radical (unpaired) electrons. The third kappa shape index (κ3) is 35.2. The van der Waals surface area contributed by atoms with Gasteiger partial charge in [0.2, 0.25) is 0 Å². The molecule has 59 heavy (non-hydrogen) atoms. The second kappa shape index (κ2) is 37.7. The Morgan fingerprint density at radius 2 is 1.07 bits per heavy atom. The molecule has 0 amide bonds. The molecular formula is C46H84NO11P. The summed E-state index contributed by atoms with van der Waals surface area (Å²) >= 11 is 0. The van der Waals surface area contributed by atoms with Crippen LogP contribution in [0, 0.1) is 0 Å². The lowest BCUT2D eigenvalue weighted by atomic mass is 10.1. The van der Waals surface area contributed by atoms with Gasteiger partial charge in [-0.3, -0.25) is 23.4 Å². The molecule has 0 aliphatic carbocycles. The number of hydrogen-bond donors (Lipinski definition) is 3. The summed E-state index contributed by atoms with van der Waals surface area (Å²) in [7, 11) is -4.72. The van der Waals surface area contributed by atoms with Crippen LogP contribution in [-0.4, -0.2) is 72.1 Å². The number of rotatable bonds is 43. The molecule has 0 aromatic heterocycles. The van der Waals surface area contributed by atoms with Crippen LogP contribution < -0.4 is 5.73 Å². The summed E-state index contributed by atoms with van der Waals surface area (Å²) < 4.78 is 38.5. The molecule has 0 aromatic carbocycles. The van der Waals surface area contributed by atoms with Gasteiger partial charge < -0.3 is 29.9 Å². The molecule has 4 N–H and O–H groups in total. The summed E-state index contributed by atoms with van der Waals surface area (Å²) in [5, 5.41) is 8.90. The summed E-state index contributed by atoms with van der Waals surface area (Å²) in [5.41, 5.74) is 5.34. The Morgan fingerprint density at radius 1 is 0.610 bits per heavy atom. The van der Waals surface area contributed by atoms with Crippen molar-refractivity contribution in [3.63, 3.8) is 0 Å². The average molecular weight is 858 g/mol. The Morgan fingerprint density at radius 3 is 1.61 bits per heavy atom. The molecule has 5 atom stereocenters. The second-order valence-electron chi connectivity index (χ2n) is 16.3. The monoisotopic (exact) mass is 858 g/mol. The zero-order valence-corrected chi connectivity index (χ0v) is 37.9. The van der Waals surface area contributed by atoms with Crippen LogP contribution in [0.15, 0.2) is 24.3 Å². The molecule has 0 bridgehead atoms. The number of unbranched alkanes of at least 4 members (excludes halogenated alkanes) is 22. The molecule has 1 aliphatic heterocycles. The highest BCUT2D eigenvalue weighted by molar-refractivity contribution is 7.47. The molecule has 1 fully saturated rings. The number of aliphatic carboxylic acids is 1. The van der Waals surface area contributed by atoms with Gasteiger partial charge in [0.05, 0.1) is 25.4 Å². The lowest BCUT2D eigenvalue weighted by Gasteiger charge is -2.20. The van der Waals surface area contributed by atoms with E-state index in [0.717, 1.165) is 57.8 Å². The van der Waals surface area contributed by atoms with Crippen molar-refractivity contribution in [3.8, 4) is 0 Å². The number of carboxylic acid groups (broad SMARTS) is 1. The molecule has 1 saturated heterocycles. The third-order valence-electron chi connectivity index (χ3n) is 10.6. The smallest absolute Gasteiger partial charge is 0.472 e. The van der Waals surface area contributed by atoms with Gasteiger partial charge in [0.15, 0.2) is 6.10 Å². The van der Waals surface area contributed by atoms with Crippen LogP contribution in [0.3, 0.4) is 0 Å². The number of carbonyl (C=O) groups is 3. The fourth-order valence-electron chi connectivity index (χ4n) is 6.77. The van der Waals surface area contributed by atoms with Crippen LogP contribution in [0.1, 0.15) is 206 Å². The van der Waals surface area contributed by atoms with Crippen molar-refractivity contribution in [1.29, 1.82) is 0 Å². The number of phosphoric acid groups is 1. The maximum atomic E-state index is 12.7. The predicted octanol–water partition coefficient (Wildman–Crippen LogP) is 11.6. The largest absolute Gasteiger partial charge is 0.480 e. The quantitative estimate of drug-likeness (QED) is 0.0174. The first-order chi connectivity index (χ1) is 28.6. The summed E-state index contributed by atoms with van der Waals surface area (Å²) in [6.45, 7) is 2.76. The highest BCUT2D eigenvalue weighted by atomic mass is 31.2. The number of allylic oxidation sites excluding steroid dienone is 3. The number of phosphoric ester groups is 1. The number of epoxide rings is 1. The molecule has 0 spiro atoms. The topological polar surface area (TPSA) is 184 Å². The Kier molecular flexibility index (Phi) is 35.1. The second-order valence-corrected chi connectivity index (χ2v) is 17.7. The van der Waals surface area contributed by atoms with E-state index in [1.807, 2.05) is 0 Å². The van der Waals surface area contributed by atoms with E-state index in [2.05, 4.69) is 42.7 Å². The molecule has 1 aliphatic rings. The fourth-order valence-corrected chi connectivity index (χ4v) is 7.55. The average Bonchev–Trinajstić information content (AvgIpc) is 3.97. The van der Waals surface area contributed by atoms with Gasteiger partial charge in [-0.15, -0.1) is 0 Å². The molecule has 3 unspecified atom stereocenters. The summed E-state index contributed by atoms with van der Waals surface area (Å²) in [6.07, 6.45) is 41.2. The first-order valence-electron chi connectivity index (χ1n) is 23.5. The van der Waals surface area contributed by atoms with Crippen molar-refractivity contribution >= 4 is 25.7 Å². The van der Waals surface area contributed by atoms with Gasteiger partial charge in [-0.2, -0.15) is 0 Å². The zero-order valence-electron chi connectivity index (χ0n) is 37.0. The normalized spacial score (nSPS) is 17.3. The number of hydrogen-bond acceptors (Lipinski definition) is 10. The van der Waals surface area contributed by atoms with Gasteiger partial charge >= 0.3 is 25.7 Å². The van der Waals surface area contributed by atoms with Crippen molar-refractivity contribution in [2.75, 3.05) is 19.8 Å². The maximum absolute atomic E-state index is 12.7. The lowest BCUT2D eigenvalue weighted by molar-refractivity contribution is -0.161. The van der Waals surface area contributed by atoms with Gasteiger partial charge in [-0.1, -0.05) is 154 Å². The van der Waals surface area contributed by atoms with E-state index in [9.17, 15) is 23.8 Å². The molecule has 12 nitrogen and oxygen atoms in total. The molecule has 1 rings (SSSR count). The Labute approximate surface area is 357 Å². The maximum Gasteiger partial charge on any atom is 0.472 e. The number of nitrogens with two attached hydrogens (primary N) is 1. The third-order valence-corrected chi connectivity index (χ3v) is 11.5. The Balaban J connectivity index is 2.24. The van der Waals surface area contributed by atoms with Gasteiger partial charge in [0.1, 0.15) is 12.6 Å². The zero-order chi connectivity index (χ0) is 43.2. The number of esters is 2. The van der Waals surface area contributed by atoms with Crippen molar-refractivity contribution < 1.29 is 52.2 Å². The van der Waals surface area contributed by atoms with E-state index in [1.54, 1.807) is 0 Å². The van der Waals surface area contributed by atoms with Gasteiger partial charge in [-0.05, 0) is 64.2 Å². The molecular weight excluding hydrogens is 773 g/mol. The summed E-state index contributed by atoms with van der Waals surface area (Å²) in [6, 6.07) is -1.53. The SMILES string of the molecule is CCCCCCCC/C=C\CCCCCCCCCCCC(=O)OC[C@H](COP(=O)(O)OC[C@H](N)C(=O)O)OC(=O)CCCCCCC/C=C\CC1OC1CCCCC. The van der Waals surface area contributed by atoms with E-state index >= 15 is 0 Å². The van der Waals surface area contributed by atoms with Crippen LogP contribution >= 0.6 is 7.82 Å². The Bertz CT molecular complexity index is 1170. The van der Waals surface area contributed by atoms with Crippen molar-refractivity contribution in [3.05, 3.63) is 24.3 Å². The summed E-state index contributed by atoms with van der Waals surface area (Å²) in [4.78, 5) is 46.1. The van der Waals surface area contributed by atoms with Crippen molar-refractivity contribution in [2.45, 2.75) is 231 Å². The number of carbonyl (C=O) groups excluding carboxylic acids is 2. The van der Waals surface area contributed by atoms with Crippen LogP contribution in [0.5, 0.6) is 0 Å². The van der Waals surface area contributed by atoms with Crippen LogP contribution in [0.2, 0.25) is 0 Å². The van der Waals surface area contributed by atoms with Crippen LogP contribution in [-0.2, 0) is 42.2 Å². The highest BCUT2D eigenvalue weighted by Gasteiger charge is 2.36. The van der Waals surface area contributed by atoms with Gasteiger partial charge in [0.25, 0.3) is 0 Å². The predicted molar refractivity (Wildman–Crippen MR) is 235 cm³/mol. The van der Waals surface area contributed by atoms with Gasteiger partial charge in [-0.25, -0.2) is 4.57 Å². The number of ether oxygens (including phenoxy) is 3. The number of carboxylic acids is 1. The molecule has 1 heterocycles. The Hall–Kier alpha value is -2.08. The van der Waals surface area contributed by atoms with Gasteiger partial charge in [0, 0.05) is 12.8 Å². The van der Waals surface area contributed by atoms with Crippen molar-refractivity contribution in [1.82, 2.24) is 0 Å². The lowest BCUT2D eigenvalue weighted by Crippen LogP contribution is -2.34. The summed E-state index contributed by atoms with van der Waals surface area (Å²) in [5.74, 6) is -2.40. The van der Waals surface area contributed by atoms with Crippen molar-refractivity contribution in [2.24, 2.45) is 5.73 Å². The minimum absolute atomic E-state index is 0.141. The molecule has 0 aromatic rings. The fraction of sp³-hybridized carbons (Fsp3) is 0.848. The first kappa shape index (κ1) is 54.9. The van der Waals surface area contributed by atoms with E-state index < -0.39 is 51.1 Å². The first-order valence-corrected chi connectivity index (χ1v) is 25.0. The van der Waals surface area contributed by atoms with E-state index in [1.165, 1.54) is 109 Å². The minimum atomic E-state index is -4.72. The van der Waals surface area contributed by atoms with E-state index in [4.69, 9.17) is 29.6 Å². The minimum Gasteiger partial charge on any atom is -0.480 e. The van der Waals surface area contributed by atoms with Crippen LogP contribution in [0.25, 0.3) is 0 Å². The highest BCUT2D eigenvalue weighted by Crippen LogP contribution is 2.43. The van der Waals surface area contributed by atoms with E-state index in [-0.39, 0.29) is 19.4 Å². The molecule has 0 saturated carbocycles. The molecule has 344 valence electrons.